The highest BCUT2D eigenvalue weighted by atomic mass is 16.5. The first-order valence-corrected chi connectivity index (χ1v) is 6.77. The number of hydrogen-bond acceptors (Lipinski definition) is 4. The maximum atomic E-state index is 5.87. The molecule has 2 N–H and O–H groups in total. The number of hydrogen-bond donors (Lipinski definition) is 1. The fourth-order valence-corrected chi connectivity index (χ4v) is 2.97. The van der Waals surface area contributed by atoms with Crippen LogP contribution in [0.2, 0.25) is 0 Å². The molecule has 1 aliphatic rings. The van der Waals surface area contributed by atoms with Crippen LogP contribution in [0.3, 0.4) is 0 Å². The molecular weight excluding hydrogens is 240 g/mol. The Morgan fingerprint density at radius 2 is 1.95 bits per heavy atom. The Labute approximate surface area is 115 Å². The van der Waals surface area contributed by atoms with Gasteiger partial charge in [-0.05, 0) is 49.2 Å². The number of nitrogens with zero attached hydrogens (tertiary/aromatic N) is 1. The summed E-state index contributed by atoms with van der Waals surface area (Å²) in [7, 11) is 5.52. The van der Waals surface area contributed by atoms with Crippen LogP contribution in [0, 0.1) is 5.92 Å². The van der Waals surface area contributed by atoms with E-state index in [1.54, 1.807) is 14.2 Å². The summed E-state index contributed by atoms with van der Waals surface area (Å²) >= 11 is 0. The molecule has 0 aromatic heterocycles. The lowest BCUT2D eigenvalue weighted by molar-refractivity contribution is 0.175. The van der Waals surface area contributed by atoms with E-state index in [2.05, 4.69) is 31.0 Å². The maximum Gasteiger partial charge on any atom is 0.161 e. The minimum Gasteiger partial charge on any atom is -0.493 e. The van der Waals surface area contributed by atoms with Gasteiger partial charge in [0.25, 0.3) is 0 Å². The van der Waals surface area contributed by atoms with Crippen molar-refractivity contribution in [2.45, 2.75) is 19.4 Å². The van der Waals surface area contributed by atoms with Gasteiger partial charge in [-0.15, -0.1) is 0 Å². The van der Waals surface area contributed by atoms with Gasteiger partial charge in [0.05, 0.1) is 14.2 Å². The van der Waals surface area contributed by atoms with E-state index < -0.39 is 0 Å². The Balaban J connectivity index is 2.48. The van der Waals surface area contributed by atoms with Crippen LogP contribution in [0.15, 0.2) is 12.1 Å². The molecule has 0 fully saturated rings. The van der Waals surface area contributed by atoms with E-state index in [1.807, 2.05) is 0 Å². The highest BCUT2D eigenvalue weighted by Crippen LogP contribution is 2.40. The summed E-state index contributed by atoms with van der Waals surface area (Å²) in [6, 6.07) is 4.58. The van der Waals surface area contributed by atoms with Crippen molar-refractivity contribution in [1.29, 1.82) is 0 Å². The lowest BCUT2D eigenvalue weighted by Crippen LogP contribution is -2.38. The van der Waals surface area contributed by atoms with E-state index in [-0.39, 0.29) is 0 Å². The molecule has 1 aliphatic heterocycles. The first-order valence-electron chi connectivity index (χ1n) is 6.77. The zero-order chi connectivity index (χ0) is 14.0. The third kappa shape index (κ3) is 2.55. The molecule has 1 aromatic carbocycles. The van der Waals surface area contributed by atoms with E-state index in [0.29, 0.717) is 18.5 Å². The molecule has 4 heteroatoms. The third-order valence-corrected chi connectivity index (χ3v) is 4.08. The fourth-order valence-electron chi connectivity index (χ4n) is 2.97. The zero-order valence-corrected chi connectivity index (χ0v) is 12.3. The van der Waals surface area contributed by atoms with Gasteiger partial charge in [0.15, 0.2) is 11.5 Å². The Morgan fingerprint density at radius 1 is 1.32 bits per heavy atom. The van der Waals surface area contributed by atoms with Crippen molar-refractivity contribution in [3.63, 3.8) is 0 Å². The molecule has 106 valence electrons. The Bertz CT molecular complexity index is 448. The van der Waals surface area contributed by atoms with Gasteiger partial charge in [-0.2, -0.15) is 0 Å². The standard InChI is InChI=1S/C15H24N2O2/c1-10(9-16)15-12-8-14(19-4)13(18-3)7-11(12)5-6-17(15)2/h7-8,10,15H,5-6,9,16H2,1-4H3. The first-order chi connectivity index (χ1) is 9.12. The lowest BCUT2D eigenvalue weighted by atomic mass is 9.85. The van der Waals surface area contributed by atoms with Crippen LogP contribution in [0.25, 0.3) is 0 Å². The van der Waals surface area contributed by atoms with Gasteiger partial charge in [0.1, 0.15) is 0 Å². The van der Waals surface area contributed by atoms with Crippen molar-refractivity contribution in [3.8, 4) is 11.5 Å². The van der Waals surface area contributed by atoms with Crippen LogP contribution < -0.4 is 15.2 Å². The molecule has 0 saturated heterocycles. The molecule has 0 spiro atoms. The van der Waals surface area contributed by atoms with Crippen molar-refractivity contribution in [1.82, 2.24) is 4.90 Å². The van der Waals surface area contributed by atoms with Gasteiger partial charge < -0.3 is 15.2 Å². The second-order valence-electron chi connectivity index (χ2n) is 5.29. The topological polar surface area (TPSA) is 47.7 Å². The van der Waals surface area contributed by atoms with Crippen molar-refractivity contribution in [2.75, 3.05) is 34.4 Å². The Hall–Kier alpha value is -1.26. The van der Waals surface area contributed by atoms with Crippen LogP contribution in [-0.2, 0) is 6.42 Å². The molecule has 0 bridgehead atoms. The minimum absolute atomic E-state index is 0.355. The largest absolute Gasteiger partial charge is 0.493 e. The van der Waals surface area contributed by atoms with Crippen LogP contribution in [0.4, 0.5) is 0 Å². The van der Waals surface area contributed by atoms with E-state index >= 15 is 0 Å². The summed E-state index contributed by atoms with van der Waals surface area (Å²) in [5.74, 6) is 2.03. The van der Waals surface area contributed by atoms with Crippen molar-refractivity contribution < 1.29 is 9.47 Å². The van der Waals surface area contributed by atoms with Gasteiger partial charge >= 0.3 is 0 Å². The van der Waals surface area contributed by atoms with Crippen LogP contribution >= 0.6 is 0 Å². The SMILES string of the molecule is COc1cc2c(cc1OC)C(C(C)CN)N(C)CC2. The van der Waals surface area contributed by atoms with Crippen LogP contribution in [0.5, 0.6) is 11.5 Å². The molecule has 0 saturated carbocycles. The Kier molecular flexibility index (Phi) is 4.32. The lowest BCUT2D eigenvalue weighted by Gasteiger charge is -2.38. The highest BCUT2D eigenvalue weighted by Gasteiger charge is 2.30. The summed E-state index contributed by atoms with van der Waals surface area (Å²) in [6.07, 6.45) is 1.04. The van der Waals surface area contributed by atoms with Gasteiger partial charge in [-0.25, -0.2) is 0 Å². The van der Waals surface area contributed by atoms with Crippen LogP contribution in [-0.4, -0.2) is 39.3 Å². The van der Waals surface area contributed by atoms with Gasteiger partial charge in [-0.3, -0.25) is 4.90 Å². The minimum atomic E-state index is 0.355. The molecule has 2 rings (SSSR count). The molecule has 0 amide bonds. The van der Waals surface area contributed by atoms with Crippen molar-refractivity contribution in [2.24, 2.45) is 11.7 Å². The molecule has 19 heavy (non-hydrogen) atoms. The molecule has 1 aromatic rings. The summed E-state index contributed by atoms with van der Waals surface area (Å²) in [5.41, 5.74) is 8.54. The normalized spacial score (nSPS) is 20.8. The number of methoxy groups -OCH3 is 2. The third-order valence-electron chi connectivity index (χ3n) is 4.08. The zero-order valence-electron chi connectivity index (χ0n) is 12.3. The number of ether oxygens (including phenoxy) is 2. The molecule has 0 radical (unpaired) electrons. The second kappa shape index (κ2) is 5.80. The van der Waals surface area contributed by atoms with E-state index in [9.17, 15) is 0 Å². The summed E-state index contributed by atoms with van der Waals surface area (Å²) in [5, 5.41) is 0. The molecule has 4 nitrogen and oxygen atoms in total. The highest BCUT2D eigenvalue weighted by molar-refractivity contribution is 5.49. The molecular formula is C15H24N2O2. The maximum absolute atomic E-state index is 5.87. The molecule has 1 heterocycles. The molecule has 2 atom stereocenters. The summed E-state index contributed by atoms with van der Waals surface area (Å²) in [4.78, 5) is 2.38. The van der Waals surface area contributed by atoms with Crippen molar-refractivity contribution in [3.05, 3.63) is 23.3 Å². The first kappa shape index (κ1) is 14.2. The summed E-state index contributed by atoms with van der Waals surface area (Å²) in [6.45, 7) is 3.94. The van der Waals surface area contributed by atoms with Crippen molar-refractivity contribution >= 4 is 0 Å². The van der Waals surface area contributed by atoms with E-state index in [4.69, 9.17) is 15.2 Å². The van der Waals surface area contributed by atoms with Gasteiger partial charge in [0, 0.05) is 12.6 Å². The quantitative estimate of drug-likeness (QED) is 0.901. The number of fused-ring (bicyclic) bond motifs is 1. The van der Waals surface area contributed by atoms with Crippen LogP contribution in [0.1, 0.15) is 24.1 Å². The smallest absolute Gasteiger partial charge is 0.161 e. The number of nitrogens with two attached hydrogens (primary N) is 1. The predicted octanol–water partition coefficient (Wildman–Crippen LogP) is 1.83. The second-order valence-corrected chi connectivity index (χ2v) is 5.29. The average Bonchev–Trinajstić information content (AvgIpc) is 2.44. The number of benzene rings is 1. The number of likely N-dealkylation sites (N-methyl/N-ethyl adjacent to an activating group) is 1. The van der Waals surface area contributed by atoms with Gasteiger partial charge in [-0.1, -0.05) is 6.92 Å². The Morgan fingerprint density at radius 3 is 2.53 bits per heavy atom. The average molecular weight is 264 g/mol. The van der Waals surface area contributed by atoms with E-state index in [1.165, 1.54) is 11.1 Å². The predicted molar refractivity (Wildman–Crippen MR) is 76.8 cm³/mol. The molecule has 2 unspecified atom stereocenters. The van der Waals surface area contributed by atoms with Gasteiger partial charge in [0.2, 0.25) is 0 Å². The molecule has 0 aliphatic carbocycles. The number of rotatable bonds is 4. The fraction of sp³-hybridized carbons (Fsp3) is 0.600. The van der Waals surface area contributed by atoms with E-state index in [0.717, 1.165) is 24.5 Å². The monoisotopic (exact) mass is 264 g/mol. The summed E-state index contributed by atoms with van der Waals surface area (Å²) < 4.78 is 10.8.